The highest BCUT2D eigenvalue weighted by molar-refractivity contribution is 6.31. The Kier molecular flexibility index (Phi) is 3.42. The fourth-order valence-electron chi connectivity index (χ4n) is 2.36. The lowest BCUT2D eigenvalue weighted by molar-refractivity contribution is 0.0641. The van der Waals surface area contributed by atoms with Crippen LogP contribution in [0.1, 0.15) is 36.6 Å². The van der Waals surface area contributed by atoms with Gasteiger partial charge in [0, 0.05) is 5.02 Å². The molecule has 1 aliphatic rings. The van der Waals surface area contributed by atoms with Crippen molar-refractivity contribution in [1.29, 1.82) is 0 Å². The van der Waals surface area contributed by atoms with E-state index in [4.69, 9.17) is 16.7 Å². The Morgan fingerprint density at radius 3 is 2.41 bits per heavy atom. The summed E-state index contributed by atoms with van der Waals surface area (Å²) in [6.45, 7) is 0.0500. The zero-order valence-corrected chi connectivity index (χ0v) is 12.0. The molecule has 1 aliphatic heterocycles. The van der Waals surface area contributed by atoms with E-state index < -0.39 is 17.8 Å². The van der Waals surface area contributed by atoms with Crippen LogP contribution in [0.25, 0.3) is 0 Å². The molecule has 0 radical (unpaired) electrons. The van der Waals surface area contributed by atoms with Gasteiger partial charge in [0.2, 0.25) is 0 Å². The van der Waals surface area contributed by atoms with Gasteiger partial charge in [0.25, 0.3) is 11.8 Å². The highest BCUT2D eigenvalue weighted by Gasteiger charge is 2.36. The Bertz CT molecular complexity index is 816. The number of carbonyl (C=O) groups is 3. The SMILES string of the molecule is O=C(O)c1ccc2c(c1)C(=O)N(Cc1ccccc1Cl)C2=O. The molecule has 5 nitrogen and oxygen atoms in total. The molecule has 0 saturated carbocycles. The fraction of sp³-hybridized carbons (Fsp3) is 0.0625. The van der Waals surface area contributed by atoms with Gasteiger partial charge in [-0.2, -0.15) is 0 Å². The molecule has 0 fully saturated rings. The molecule has 0 aliphatic carbocycles. The van der Waals surface area contributed by atoms with Crippen molar-refractivity contribution in [3.8, 4) is 0 Å². The van der Waals surface area contributed by atoms with Crippen LogP contribution in [0, 0.1) is 0 Å². The van der Waals surface area contributed by atoms with Crippen molar-refractivity contribution in [2.24, 2.45) is 0 Å². The van der Waals surface area contributed by atoms with Crippen molar-refractivity contribution in [2.75, 3.05) is 0 Å². The molecule has 22 heavy (non-hydrogen) atoms. The second-order valence-corrected chi connectivity index (χ2v) is 5.26. The van der Waals surface area contributed by atoms with E-state index in [1.54, 1.807) is 24.3 Å². The number of amides is 2. The van der Waals surface area contributed by atoms with Crippen LogP contribution in [0.5, 0.6) is 0 Å². The molecule has 2 aromatic carbocycles. The van der Waals surface area contributed by atoms with Gasteiger partial charge in [-0.25, -0.2) is 4.79 Å². The first kappa shape index (κ1) is 14.3. The van der Waals surface area contributed by atoms with E-state index in [-0.39, 0.29) is 23.2 Å². The zero-order chi connectivity index (χ0) is 15.9. The number of benzene rings is 2. The lowest BCUT2D eigenvalue weighted by atomic mass is 10.1. The number of carbonyl (C=O) groups excluding carboxylic acids is 2. The maximum atomic E-state index is 12.4. The molecule has 6 heteroatoms. The first-order valence-electron chi connectivity index (χ1n) is 6.46. The summed E-state index contributed by atoms with van der Waals surface area (Å²) in [7, 11) is 0. The number of carboxylic acids is 1. The van der Waals surface area contributed by atoms with Gasteiger partial charge in [0.1, 0.15) is 0 Å². The van der Waals surface area contributed by atoms with Crippen LogP contribution < -0.4 is 0 Å². The molecule has 0 unspecified atom stereocenters. The number of fused-ring (bicyclic) bond motifs is 1. The molecular weight excluding hydrogens is 306 g/mol. The van der Waals surface area contributed by atoms with E-state index in [1.807, 2.05) is 0 Å². The number of carboxylic acid groups (broad SMARTS) is 1. The van der Waals surface area contributed by atoms with Crippen molar-refractivity contribution < 1.29 is 19.5 Å². The number of rotatable bonds is 3. The Morgan fingerprint density at radius 2 is 1.73 bits per heavy atom. The Labute approximate surface area is 130 Å². The van der Waals surface area contributed by atoms with E-state index in [2.05, 4.69) is 0 Å². The molecule has 0 aromatic heterocycles. The van der Waals surface area contributed by atoms with Gasteiger partial charge in [-0.05, 0) is 29.8 Å². The number of halogens is 1. The van der Waals surface area contributed by atoms with Crippen molar-refractivity contribution in [1.82, 2.24) is 4.90 Å². The second-order valence-electron chi connectivity index (χ2n) is 4.85. The Morgan fingerprint density at radius 1 is 1.05 bits per heavy atom. The van der Waals surface area contributed by atoms with E-state index in [1.165, 1.54) is 18.2 Å². The molecule has 3 rings (SSSR count). The van der Waals surface area contributed by atoms with Gasteiger partial charge in [-0.1, -0.05) is 29.8 Å². The number of nitrogens with zero attached hydrogens (tertiary/aromatic N) is 1. The monoisotopic (exact) mass is 315 g/mol. The maximum Gasteiger partial charge on any atom is 0.335 e. The average molecular weight is 316 g/mol. The van der Waals surface area contributed by atoms with Crippen LogP contribution in [0.3, 0.4) is 0 Å². The summed E-state index contributed by atoms with van der Waals surface area (Å²) < 4.78 is 0. The van der Waals surface area contributed by atoms with E-state index in [9.17, 15) is 14.4 Å². The van der Waals surface area contributed by atoms with Gasteiger partial charge in [0.05, 0.1) is 23.2 Å². The molecule has 110 valence electrons. The molecule has 0 saturated heterocycles. The molecule has 1 heterocycles. The van der Waals surface area contributed by atoms with Crippen molar-refractivity contribution >= 4 is 29.4 Å². The summed E-state index contributed by atoms with van der Waals surface area (Å²) in [5.41, 5.74) is 0.940. The second kappa shape index (κ2) is 5.27. The van der Waals surface area contributed by atoms with Crippen LogP contribution in [-0.2, 0) is 6.54 Å². The van der Waals surface area contributed by atoms with Crippen LogP contribution in [-0.4, -0.2) is 27.8 Å². The summed E-state index contributed by atoms with van der Waals surface area (Å²) >= 11 is 6.05. The Hall–Kier alpha value is -2.66. The standard InChI is InChI=1S/C16H10ClNO4/c17-13-4-2-1-3-10(13)8-18-14(19)11-6-5-9(16(21)22)7-12(11)15(18)20/h1-7H,8H2,(H,21,22). The third-order valence-electron chi connectivity index (χ3n) is 3.50. The van der Waals surface area contributed by atoms with Gasteiger partial charge in [-0.15, -0.1) is 0 Å². The minimum Gasteiger partial charge on any atom is -0.478 e. The summed E-state index contributed by atoms with van der Waals surface area (Å²) in [5.74, 6) is -2.10. The molecular formula is C16H10ClNO4. The third kappa shape index (κ3) is 2.25. The van der Waals surface area contributed by atoms with Crippen molar-refractivity contribution in [3.05, 3.63) is 69.7 Å². The summed E-state index contributed by atoms with van der Waals surface area (Å²) in [4.78, 5) is 36.7. The zero-order valence-electron chi connectivity index (χ0n) is 11.2. The quantitative estimate of drug-likeness (QED) is 0.884. The normalized spacial score (nSPS) is 13.4. The molecule has 1 N–H and O–H groups in total. The van der Waals surface area contributed by atoms with Crippen LogP contribution in [0.4, 0.5) is 0 Å². The van der Waals surface area contributed by atoms with Crippen LogP contribution >= 0.6 is 11.6 Å². The summed E-state index contributed by atoms with van der Waals surface area (Å²) in [6.07, 6.45) is 0. The van der Waals surface area contributed by atoms with Crippen LogP contribution in [0.15, 0.2) is 42.5 Å². The topological polar surface area (TPSA) is 74.7 Å². The maximum absolute atomic E-state index is 12.4. The molecule has 0 bridgehead atoms. The van der Waals surface area contributed by atoms with Gasteiger partial charge in [-0.3, -0.25) is 14.5 Å². The van der Waals surface area contributed by atoms with Gasteiger partial charge >= 0.3 is 5.97 Å². The molecule has 0 spiro atoms. The number of aromatic carboxylic acids is 1. The smallest absolute Gasteiger partial charge is 0.335 e. The van der Waals surface area contributed by atoms with E-state index in [0.29, 0.717) is 10.6 Å². The van der Waals surface area contributed by atoms with Crippen molar-refractivity contribution in [3.63, 3.8) is 0 Å². The summed E-state index contributed by atoms with van der Waals surface area (Å²) in [6, 6.07) is 10.8. The lowest BCUT2D eigenvalue weighted by Gasteiger charge is -2.14. The van der Waals surface area contributed by atoms with Gasteiger partial charge in [0.15, 0.2) is 0 Å². The van der Waals surface area contributed by atoms with E-state index in [0.717, 1.165) is 4.90 Å². The molecule has 2 aromatic rings. The van der Waals surface area contributed by atoms with Crippen LogP contribution in [0.2, 0.25) is 5.02 Å². The third-order valence-corrected chi connectivity index (χ3v) is 3.87. The number of hydrogen-bond acceptors (Lipinski definition) is 3. The van der Waals surface area contributed by atoms with Gasteiger partial charge < -0.3 is 5.11 Å². The molecule has 0 atom stereocenters. The Balaban J connectivity index is 1.96. The number of hydrogen-bond donors (Lipinski definition) is 1. The largest absolute Gasteiger partial charge is 0.478 e. The molecule has 2 amide bonds. The van der Waals surface area contributed by atoms with E-state index >= 15 is 0 Å². The average Bonchev–Trinajstić information content (AvgIpc) is 2.74. The fourth-order valence-corrected chi connectivity index (χ4v) is 2.56. The van der Waals surface area contributed by atoms with Crippen molar-refractivity contribution in [2.45, 2.75) is 6.54 Å². The highest BCUT2D eigenvalue weighted by atomic mass is 35.5. The number of imide groups is 1. The minimum atomic E-state index is -1.15. The first-order chi connectivity index (χ1) is 10.5. The predicted octanol–water partition coefficient (Wildman–Crippen LogP) is 2.83. The lowest BCUT2D eigenvalue weighted by Crippen LogP contribution is -2.29. The summed E-state index contributed by atoms with van der Waals surface area (Å²) in [5, 5.41) is 9.44. The minimum absolute atomic E-state index is 0.0282. The predicted molar refractivity (Wildman–Crippen MR) is 79.1 cm³/mol. The first-order valence-corrected chi connectivity index (χ1v) is 6.84. The highest BCUT2D eigenvalue weighted by Crippen LogP contribution is 2.27.